The number of carboxylic acid groups (broad SMARTS) is 1. The molecule has 1 aromatic heterocycles. The van der Waals surface area contributed by atoms with E-state index in [1.54, 1.807) is 7.11 Å². The van der Waals surface area contributed by atoms with E-state index in [-0.39, 0.29) is 18.7 Å². The van der Waals surface area contributed by atoms with E-state index in [9.17, 15) is 24.3 Å². The predicted molar refractivity (Wildman–Crippen MR) is 152 cm³/mol. The van der Waals surface area contributed by atoms with Gasteiger partial charge in [0.2, 0.25) is 5.91 Å². The van der Waals surface area contributed by atoms with Crippen molar-refractivity contribution in [2.75, 3.05) is 26.8 Å². The van der Waals surface area contributed by atoms with Gasteiger partial charge in [-0.2, -0.15) is 0 Å². The number of benzene rings is 3. The highest BCUT2D eigenvalue weighted by molar-refractivity contribution is 5.81. The summed E-state index contributed by atoms with van der Waals surface area (Å²) in [6.07, 6.45) is 1.27. The Morgan fingerprint density at radius 2 is 1.46 bits per heavy atom. The summed E-state index contributed by atoms with van der Waals surface area (Å²) in [6, 6.07) is 26.7. The first kappa shape index (κ1) is 29.0. The highest BCUT2D eigenvalue weighted by Crippen LogP contribution is 2.41. The van der Waals surface area contributed by atoms with E-state index in [1.165, 1.54) is 13.1 Å². The number of aromatic amines is 1. The lowest BCUT2D eigenvalue weighted by molar-refractivity contribution is -0.145. The van der Waals surface area contributed by atoms with E-state index in [2.05, 4.69) is 4.98 Å². The Morgan fingerprint density at radius 3 is 2.00 bits per heavy atom. The summed E-state index contributed by atoms with van der Waals surface area (Å²) >= 11 is 0. The summed E-state index contributed by atoms with van der Waals surface area (Å²) in [5.74, 6) is -1.15. The van der Waals surface area contributed by atoms with E-state index in [0.29, 0.717) is 5.75 Å². The number of carbonyl (C=O) groups excluding carboxylic acids is 1. The molecule has 0 saturated carbocycles. The van der Waals surface area contributed by atoms with Gasteiger partial charge in [0.05, 0.1) is 13.7 Å². The second kappa shape index (κ2) is 12.9. The third-order valence-electron chi connectivity index (χ3n) is 6.71. The monoisotopic (exact) mass is 557 g/mol. The highest BCUT2D eigenvalue weighted by Gasteiger charge is 2.38. The molecule has 0 aliphatic carbocycles. The van der Waals surface area contributed by atoms with Crippen molar-refractivity contribution in [1.82, 2.24) is 14.5 Å². The fourth-order valence-electron chi connectivity index (χ4n) is 4.67. The van der Waals surface area contributed by atoms with Gasteiger partial charge in [0.15, 0.2) is 0 Å². The smallest absolute Gasteiger partial charge is 0.328 e. The van der Waals surface area contributed by atoms with Crippen molar-refractivity contribution < 1.29 is 24.2 Å². The number of amides is 1. The molecular formula is C31H31N3O7. The van der Waals surface area contributed by atoms with Crippen LogP contribution in [0.25, 0.3) is 0 Å². The zero-order valence-corrected chi connectivity index (χ0v) is 22.8. The molecule has 4 rings (SSSR count). The van der Waals surface area contributed by atoms with E-state index < -0.39 is 41.8 Å². The number of ether oxygens (including phenoxy) is 2. The minimum atomic E-state index is -1.21. The van der Waals surface area contributed by atoms with Gasteiger partial charge in [0.1, 0.15) is 24.4 Å². The average molecular weight is 558 g/mol. The first-order chi connectivity index (χ1) is 19.7. The second-order valence-corrected chi connectivity index (χ2v) is 9.40. The van der Waals surface area contributed by atoms with Gasteiger partial charge in [-0.1, -0.05) is 72.8 Å². The van der Waals surface area contributed by atoms with Gasteiger partial charge in [0, 0.05) is 18.3 Å². The van der Waals surface area contributed by atoms with Crippen molar-refractivity contribution in [1.29, 1.82) is 0 Å². The van der Waals surface area contributed by atoms with Crippen LogP contribution >= 0.6 is 0 Å². The highest BCUT2D eigenvalue weighted by atomic mass is 16.5. The van der Waals surface area contributed by atoms with E-state index in [1.807, 2.05) is 84.9 Å². The Labute approximate surface area is 236 Å². The molecular weight excluding hydrogens is 526 g/mol. The summed E-state index contributed by atoms with van der Waals surface area (Å²) in [4.78, 5) is 52.0. The van der Waals surface area contributed by atoms with Gasteiger partial charge in [-0.15, -0.1) is 0 Å². The first-order valence-corrected chi connectivity index (χ1v) is 12.9. The molecule has 3 aromatic carbocycles. The zero-order chi connectivity index (χ0) is 29.4. The number of nitrogens with zero attached hydrogens (tertiary/aromatic N) is 2. The summed E-state index contributed by atoms with van der Waals surface area (Å²) in [5, 5.41) is 9.51. The van der Waals surface area contributed by atoms with Gasteiger partial charge in [-0.05, 0) is 35.7 Å². The van der Waals surface area contributed by atoms with E-state index >= 15 is 0 Å². The summed E-state index contributed by atoms with van der Waals surface area (Å²) < 4.78 is 13.1. The van der Waals surface area contributed by atoms with Gasteiger partial charge < -0.3 is 19.5 Å². The number of carboxylic acids is 1. The summed E-state index contributed by atoms with van der Waals surface area (Å²) in [5.41, 5.74) is 0.325. The molecule has 10 heteroatoms. The standard InChI is InChI=1S/C31H31N3O7/c1-22-19-34(30(39)32-29(22)38)20-27(35)33(21-28(36)37)17-18-41-31(23-9-5-3-6-10-23,24-11-7-4-8-12-24)25-13-15-26(40-2)16-14-25/h3-16,19H,17-18,20-21H2,1-2H3,(H,36,37)(H,32,38,39). The Morgan fingerprint density at radius 1 is 0.902 bits per heavy atom. The molecule has 2 N–H and O–H groups in total. The molecule has 0 aliphatic rings. The molecule has 0 unspecified atom stereocenters. The maximum Gasteiger partial charge on any atom is 0.328 e. The molecule has 212 valence electrons. The molecule has 0 atom stereocenters. The molecule has 0 saturated heterocycles. The van der Waals surface area contributed by atoms with E-state index in [4.69, 9.17) is 9.47 Å². The third kappa shape index (κ3) is 6.62. The van der Waals surface area contributed by atoms with Crippen molar-refractivity contribution in [3.63, 3.8) is 0 Å². The van der Waals surface area contributed by atoms with Crippen LogP contribution < -0.4 is 16.0 Å². The number of aromatic nitrogens is 2. The molecule has 41 heavy (non-hydrogen) atoms. The van der Waals surface area contributed by atoms with E-state index in [0.717, 1.165) is 26.2 Å². The maximum atomic E-state index is 13.2. The predicted octanol–water partition coefficient (Wildman–Crippen LogP) is 2.78. The van der Waals surface area contributed by atoms with Crippen molar-refractivity contribution in [2.45, 2.75) is 19.1 Å². The lowest BCUT2D eigenvalue weighted by Gasteiger charge is -2.36. The quantitative estimate of drug-likeness (QED) is 0.256. The molecule has 0 radical (unpaired) electrons. The summed E-state index contributed by atoms with van der Waals surface area (Å²) in [6.45, 7) is 0.373. The molecule has 0 aliphatic heterocycles. The average Bonchev–Trinajstić information content (AvgIpc) is 2.98. The minimum absolute atomic E-state index is 0.0333. The lowest BCUT2D eigenvalue weighted by Crippen LogP contribution is -2.43. The zero-order valence-electron chi connectivity index (χ0n) is 22.8. The number of methoxy groups -OCH3 is 1. The molecule has 0 spiro atoms. The molecule has 0 bridgehead atoms. The molecule has 0 fully saturated rings. The fraction of sp³-hybridized carbons (Fsp3) is 0.226. The van der Waals surface area contributed by atoms with Gasteiger partial charge >= 0.3 is 11.7 Å². The number of rotatable bonds is 12. The lowest BCUT2D eigenvalue weighted by atomic mass is 9.80. The Balaban J connectivity index is 1.68. The molecule has 4 aromatic rings. The van der Waals surface area contributed by atoms with Crippen molar-refractivity contribution in [3.8, 4) is 5.75 Å². The molecule has 1 heterocycles. The van der Waals surface area contributed by atoms with Crippen LogP contribution in [0.5, 0.6) is 5.75 Å². The molecule has 10 nitrogen and oxygen atoms in total. The van der Waals surface area contributed by atoms with Crippen LogP contribution in [0.2, 0.25) is 0 Å². The SMILES string of the molecule is COc1ccc(C(OCCN(CC(=O)O)C(=O)Cn2cc(C)c(=O)[nH]c2=O)(c2ccccc2)c2ccccc2)cc1. The topological polar surface area (TPSA) is 131 Å². The van der Waals surface area contributed by atoms with Crippen molar-refractivity contribution in [2.24, 2.45) is 0 Å². The summed E-state index contributed by atoms with van der Waals surface area (Å²) in [7, 11) is 1.59. The maximum absolute atomic E-state index is 13.2. The van der Waals surface area contributed by atoms with Crippen LogP contribution in [-0.2, 0) is 26.5 Å². The van der Waals surface area contributed by atoms with Gasteiger partial charge in [-0.3, -0.25) is 23.9 Å². The molecule has 1 amide bonds. The Kier molecular flexibility index (Phi) is 9.15. The second-order valence-electron chi connectivity index (χ2n) is 9.40. The minimum Gasteiger partial charge on any atom is -0.497 e. The van der Waals surface area contributed by atoms with Crippen LogP contribution in [0.3, 0.4) is 0 Å². The number of nitrogens with one attached hydrogen (secondary N) is 1. The number of hydrogen-bond acceptors (Lipinski definition) is 6. The first-order valence-electron chi connectivity index (χ1n) is 12.9. The van der Waals surface area contributed by atoms with Crippen molar-refractivity contribution >= 4 is 11.9 Å². The fourth-order valence-corrected chi connectivity index (χ4v) is 4.67. The van der Waals surface area contributed by atoms with Gasteiger partial charge in [-0.25, -0.2) is 4.79 Å². The number of carbonyl (C=O) groups is 2. The Bertz CT molecular complexity index is 1560. The Hall–Kier alpha value is -4.96. The van der Waals surface area contributed by atoms with Crippen LogP contribution in [0.4, 0.5) is 0 Å². The van der Waals surface area contributed by atoms with Crippen LogP contribution in [0.1, 0.15) is 22.3 Å². The van der Waals surface area contributed by atoms with Crippen LogP contribution in [0.15, 0.2) is 101 Å². The number of aliphatic carboxylic acids is 1. The van der Waals surface area contributed by atoms with Crippen molar-refractivity contribution in [3.05, 3.63) is 134 Å². The number of hydrogen-bond donors (Lipinski definition) is 2. The van der Waals surface area contributed by atoms with Crippen LogP contribution in [0, 0.1) is 6.92 Å². The normalized spacial score (nSPS) is 11.2. The van der Waals surface area contributed by atoms with Crippen LogP contribution in [-0.4, -0.2) is 58.2 Å². The van der Waals surface area contributed by atoms with Gasteiger partial charge in [0.25, 0.3) is 5.56 Å². The largest absolute Gasteiger partial charge is 0.497 e. The third-order valence-corrected chi connectivity index (χ3v) is 6.71. The number of H-pyrrole nitrogens is 1. The number of aryl methyl sites for hydroxylation is 1.